The lowest BCUT2D eigenvalue weighted by Crippen LogP contribution is -1.94. The minimum absolute atomic E-state index is 0. The third-order valence-corrected chi connectivity index (χ3v) is 0.0589. The van der Waals surface area contributed by atoms with Gasteiger partial charge >= 0.3 is 0 Å². The second kappa shape index (κ2) is 8.88. The molecule has 0 aliphatic rings. The SMILES string of the molecule is Cl.[2H]C([2H])([2H])C([2H])([2H])ON. The van der Waals surface area contributed by atoms with Crippen LogP contribution in [-0.2, 0) is 4.84 Å². The van der Waals surface area contributed by atoms with Crippen LogP contribution in [-0.4, -0.2) is 6.56 Å². The van der Waals surface area contributed by atoms with Gasteiger partial charge in [0.2, 0.25) is 0 Å². The fourth-order valence-electron chi connectivity index (χ4n) is 0. The molecule has 0 unspecified atom stereocenters. The van der Waals surface area contributed by atoms with E-state index in [0.29, 0.717) is 0 Å². The van der Waals surface area contributed by atoms with E-state index in [2.05, 4.69) is 10.7 Å². The highest BCUT2D eigenvalue weighted by atomic mass is 35.5. The van der Waals surface area contributed by atoms with Gasteiger partial charge in [0.15, 0.2) is 0 Å². The summed E-state index contributed by atoms with van der Waals surface area (Å²) >= 11 is 0. The molecule has 34 valence electrons. The first-order valence-electron chi connectivity index (χ1n) is 3.19. The number of hydrogen-bond donors (Lipinski definition) is 1. The molecule has 0 heterocycles. The molecule has 0 saturated heterocycles. The first-order chi connectivity index (χ1) is 3.81. The molecule has 0 radical (unpaired) electrons. The van der Waals surface area contributed by atoms with Gasteiger partial charge in [-0.25, -0.2) is 5.90 Å². The summed E-state index contributed by atoms with van der Waals surface area (Å²) in [6.45, 7) is -5.56. The second-order valence-electron chi connectivity index (χ2n) is 0.220. The van der Waals surface area contributed by atoms with Gasteiger partial charge in [-0.1, -0.05) is 0 Å². The predicted octanol–water partition coefficient (Wildman–Crippen LogP) is 0.318. The van der Waals surface area contributed by atoms with E-state index in [9.17, 15) is 0 Å². The summed E-state index contributed by atoms with van der Waals surface area (Å²) in [6.07, 6.45) is 0. The molecule has 0 aromatic heterocycles. The summed E-state index contributed by atoms with van der Waals surface area (Å²) in [5.41, 5.74) is 0. The van der Waals surface area contributed by atoms with E-state index in [1.54, 1.807) is 0 Å². The van der Waals surface area contributed by atoms with Crippen molar-refractivity contribution in [3.8, 4) is 0 Å². The highest BCUT2D eigenvalue weighted by Gasteiger charge is 1.52. The smallest absolute Gasteiger partial charge is 0.0651 e. The molecule has 5 heavy (non-hydrogen) atoms. The standard InChI is InChI=1S/C2H7NO.ClH/c1-2-4-3;/h2-3H2,1H3;1H/i1D3,2D2;. The van der Waals surface area contributed by atoms with E-state index >= 15 is 0 Å². The molecular weight excluding hydrogens is 89.5 g/mol. The van der Waals surface area contributed by atoms with Crippen LogP contribution in [0.15, 0.2) is 0 Å². The Morgan fingerprint density at radius 2 is 3.00 bits per heavy atom. The largest absolute Gasteiger partial charge is 0.305 e. The van der Waals surface area contributed by atoms with Crippen LogP contribution >= 0.6 is 12.4 Å². The molecule has 2 nitrogen and oxygen atoms in total. The van der Waals surface area contributed by atoms with E-state index in [-0.39, 0.29) is 12.4 Å². The molecule has 0 saturated carbocycles. The lowest BCUT2D eigenvalue weighted by atomic mass is 10.9. The predicted molar refractivity (Wildman–Crippen MR) is 23.1 cm³/mol. The van der Waals surface area contributed by atoms with Crippen LogP contribution in [0.3, 0.4) is 0 Å². The Kier molecular flexibility index (Phi) is 2.43. The summed E-state index contributed by atoms with van der Waals surface area (Å²) in [5.74, 6) is 4.36. The van der Waals surface area contributed by atoms with Crippen molar-refractivity contribution in [1.29, 1.82) is 0 Å². The number of halogens is 1. The Bertz CT molecular complexity index is 102. The van der Waals surface area contributed by atoms with Gasteiger partial charge < -0.3 is 4.84 Å². The Balaban J connectivity index is 0. The Labute approximate surface area is 44.7 Å². The fraction of sp³-hybridized carbons (Fsp3) is 1.00. The fourth-order valence-corrected chi connectivity index (χ4v) is 0. The molecule has 0 aliphatic heterocycles. The van der Waals surface area contributed by atoms with Crippen molar-refractivity contribution in [1.82, 2.24) is 0 Å². The van der Waals surface area contributed by atoms with E-state index < -0.39 is 13.4 Å². The van der Waals surface area contributed by atoms with Gasteiger partial charge in [-0.3, -0.25) is 0 Å². The average molecular weight is 103 g/mol. The molecule has 3 heteroatoms. The number of nitrogens with two attached hydrogens (primary N) is 1. The van der Waals surface area contributed by atoms with Gasteiger partial charge in [0, 0.05) is 4.11 Å². The van der Waals surface area contributed by atoms with Gasteiger partial charge in [0.05, 0.1) is 9.30 Å². The van der Waals surface area contributed by atoms with Gasteiger partial charge in [-0.2, -0.15) is 0 Å². The zero-order valence-electron chi connectivity index (χ0n) is 7.39. The zero-order valence-corrected chi connectivity index (χ0v) is 3.21. The molecular formula is C2H8ClNO. The van der Waals surface area contributed by atoms with Crippen LogP contribution < -0.4 is 5.90 Å². The summed E-state index contributed by atoms with van der Waals surface area (Å²) in [5, 5.41) is 0. The molecule has 0 atom stereocenters. The van der Waals surface area contributed by atoms with Crippen molar-refractivity contribution in [2.75, 3.05) is 6.56 Å². The van der Waals surface area contributed by atoms with Gasteiger partial charge in [0.25, 0.3) is 0 Å². The molecule has 0 spiro atoms. The third kappa shape index (κ3) is 14.0. The monoisotopic (exact) mass is 102 g/mol. The van der Waals surface area contributed by atoms with Crippen LogP contribution in [0.25, 0.3) is 0 Å². The first kappa shape index (κ1) is 1.37. The lowest BCUT2D eigenvalue weighted by Gasteiger charge is -1.76. The summed E-state index contributed by atoms with van der Waals surface area (Å²) in [6, 6.07) is 0. The maximum Gasteiger partial charge on any atom is 0.0651 e. The Hall–Kier alpha value is 0.210. The third-order valence-electron chi connectivity index (χ3n) is 0.0589. The quantitative estimate of drug-likeness (QED) is 0.484. The summed E-state index contributed by atoms with van der Waals surface area (Å²) in [7, 11) is 0. The molecule has 0 bridgehead atoms. The molecule has 0 aromatic rings. The van der Waals surface area contributed by atoms with Crippen LogP contribution in [0.5, 0.6) is 0 Å². The molecule has 0 aliphatic carbocycles. The van der Waals surface area contributed by atoms with E-state index in [4.69, 9.17) is 6.85 Å². The molecule has 0 fully saturated rings. The number of hydrogen-bond acceptors (Lipinski definition) is 2. The summed E-state index contributed by atoms with van der Waals surface area (Å²) < 4.78 is 32.6. The van der Waals surface area contributed by atoms with Crippen molar-refractivity contribution in [3.05, 3.63) is 0 Å². The molecule has 0 amide bonds. The van der Waals surface area contributed by atoms with E-state index in [0.717, 1.165) is 0 Å². The molecule has 2 N–H and O–H groups in total. The van der Waals surface area contributed by atoms with Crippen molar-refractivity contribution in [3.63, 3.8) is 0 Å². The number of rotatable bonds is 1. The molecule has 0 rings (SSSR count). The molecule has 0 aromatic carbocycles. The van der Waals surface area contributed by atoms with E-state index in [1.165, 1.54) is 0 Å². The Morgan fingerprint density at radius 1 is 2.40 bits per heavy atom. The van der Waals surface area contributed by atoms with Crippen molar-refractivity contribution < 1.29 is 11.7 Å². The average Bonchev–Trinajstić information content (AvgIpc) is 1.64. The van der Waals surface area contributed by atoms with Crippen LogP contribution in [0.1, 0.15) is 13.7 Å². The van der Waals surface area contributed by atoms with Gasteiger partial charge in [-0.15, -0.1) is 12.4 Å². The van der Waals surface area contributed by atoms with E-state index in [1.807, 2.05) is 0 Å². The van der Waals surface area contributed by atoms with Gasteiger partial charge in [0.1, 0.15) is 0 Å². The normalized spacial score (nSPS) is 26.2. The van der Waals surface area contributed by atoms with Crippen LogP contribution in [0.2, 0.25) is 0 Å². The lowest BCUT2D eigenvalue weighted by molar-refractivity contribution is 0.152. The minimum atomic E-state index is -2.82. The van der Waals surface area contributed by atoms with Crippen LogP contribution in [0, 0.1) is 0 Å². The highest BCUT2D eigenvalue weighted by molar-refractivity contribution is 5.85. The maximum absolute atomic E-state index is 6.58. The Morgan fingerprint density at radius 3 is 3.00 bits per heavy atom. The van der Waals surface area contributed by atoms with Crippen molar-refractivity contribution in [2.24, 2.45) is 5.90 Å². The first-order valence-corrected chi connectivity index (χ1v) is 0.690. The highest BCUT2D eigenvalue weighted by Crippen LogP contribution is 1.46. The topological polar surface area (TPSA) is 35.2 Å². The van der Waals surface area contributed by atoms with Crippen molar-refractivity contribution in [2.45, 2.75) is 6.85 Å². The summed E-state index contributed by atoms with van der Waals surface area (Å²) in [4.78, 5) is 3.57. The maximum atomic E-state index is 6.58. The minimum Gasteiger partial charge on any atom is -0.305 e. The second-order valence-corrected chi connectivity index (χ2v) is 0.220. The van der Waals surface area contributed by atoms with Crippen LogP contribution in [0.4, 0.5) is 0 Å². The zero-order chi connectivity index (χ0) is 7.71. The van der Waals surface area contributed by atoms with Crippen molar-refractivity contribution >= 4 is 12.4 Å². The van der Waals surface area contributed by atoms with Gasteiger partial charge in [-0.05, 0) is 6.85 Å².